The molecule has 1 saturated heterocycles. The molecule has 1 N–H and O–H groups in total. The van der Waals surface area contributed by atoms with Crippen LogP contribution in [-0.4, -0.2) is 45.7 Å². The molecule has 6 nitrogen and oxygen atoms in total. The third-order valence-electron chi connectivity index (χ3n) is 3.68. The highest BCUT2D eigenvalue weighted by Gasteiger charge is 2.37. The molecule has 128 valence electrons. The quantitative estimate of drug-likeness (QED) is 0.831. The number of nitrogens with zero attached hydrogens (tertiary/aromatic N) is 2. The number of amides is 1. The van der Waals surface area contributed by atoms with Crippen LogP contribution in [0.1, 0.15) is 32.2 Å². The van der Waals surface area contributed by atoms with Gasteiger partial charge in [0.15, 0.2) is 0 Å². The van der Waals surface area contributed by atoms with Crippen molar-refractivity contribution in [1.82, 2.24) is 9.88 Å². The first-order chi connectivity index (χ1) is 10.7. The lowest BCUT2D eigenvalue weighted by atomic mass is 9.89. The first-order valence-corrected chi connectivity index (χ1v) is 9.07. The Morgan fingerprint density at radius 3 is 2.78 bits per heavy atom. The van der Waals surface area contributed by atoms with Crippen LogP contribution in [0.2, 0.25) is 0 Å². The van der Waals surface area contributed by atoms with Crippen molar-refractivity contribution in [2.45, 2.75) is 39.2 Å². The van der Waals surface area contributed by atoms with E-state index in [-0.39, 0.29) is 12.0 Å². The van der Waals surface area contributed by atoms with E-state index >= 15 is 0 Å². The van der Waals surface area contributed by atoms with Crippen molar-refractivity contribution in [3.05, 3.63) is 15.0 Å². The van der Waals surface area contributed by atoms with E-state index in [1.54, 1.807) is 11.1 Å². The molecule has 23 heavy (non-hydrogen) atoms. The molecule has 2 rings (SSSR count). The predicted octanol–water partition coefficient (Wildman–Crippen LogP) is 3.41. The minimum atomic E-state index is -0.840. The van der Waals surface area contributed by atoms with Gasteiger partial charge in [-0.15, -0.1) is 11.3 Å². The van der Waals surface area contributed by atoms with Crippen LogP contribution in [-0.2, 0) is 16.0 Å². The largest absolute Gasteiger partial charge is 0.481 e. The Bertz CT molecular complexity index is 584. The van der Waals surface area contributed by atoms with E-state index in [2.05, 4.69) is 20.9 Å². The van der Waals surface area contributed by atoms with Crippen LogP contribution in [0.3, 0.4) is 0 Å². The summed E-state index contributed by atoms with van der Waals surface area (Å²) >= 11 is 4.78. The van der Waals surface area contributed by atoms with Gasteiger partial charge >= 0.3 is 12.1 Å². The number of aliphatic carboxylic acids is 1. The number of hydrogen-bond acceptors (Lipinski definition) is 5. The van der Waals surface area contributed by atoms with Gasteiger partial charge in [0.25, 0.3) is 0 Å². The smallest absolute Gasteiger partial charge is 0.410 e. The Hall–Kier alpha value is -1.15. The molecule has 0 aliphatic carbocycles. The SMILES string of the molecule is CC(C)(C)OC(=O)N1CC[C@H]([C@H](Cc2ncc(Br)s2)C(=O)O)C1. The zero-order valence-electron chi connectivity index (χ0n) is 13.4. The number of likely N-dealkylation sites (tertiary alicyclic amines) is 1. The normalized spacial score (nSPS) is 19.7. The maximum absolute atomic E-state index is 12.1. The molecule has 0 bridgehead atoms. The Kier molecular flexibility index (Phi) is 5.67. The van der Waals surface area contributed by atoms with E-state index in [9.17, 15) is 14.7 Å². The second kappa shape index (κ2) is 7.17. The fourth-order valence-electron chi connectivity index (χ4n) is 2.63. The van der Waals surface area contributed by atoms with Gasteiger partial charge in [-0.2, -0.15) is 0 Å². The van der Waals surface area contributed by atoms with Gasteiger partial charge in [0.05, 0.1) is 20.9 Å². The summed E-state index contributed by atoms with van der Waals surface area (Å²) in [6.45, 7) is 6.40. The van der Waals surface area contributed by atoms with Crippen molar-refractivity contribution >= 4 is 39.3 Å². The van der Waals surface area contributed by atoms with E-state index in [0.717, 1.165) is 8.79 Å². The minimum Gasteiger partial charge on any atom is -0.481 e. The fourth-order valence-corrected chi connectivity index (χ4v) is 4.00. The zero-order chi connectivity index (χ0) is 17.2. The Morgan fingerprint density at radius 1 is 1.57 bits per heavy atom. The predicted molar refractivity (Wildman–Crippen MR) is 90.6 cm³/mol. The van der Waals surface area contributed by atoms with E-state index in [0.29, 0.717) is 25.9 Å². The number of ether oxygens (including phenoxy) is 1. The van der Waals surface area contributed by atoms with Crippen molar-refractivity contribution in [2.24, 2.45) is 11.8 Å². The van der Waals surface area contributed by atoms with Crippen molar-refractivity contribution in [2.75, 3.05) is 13.1 Å². The molecule has 8 heteroatoms. The number of halogens is 1. The van der Waals surface area contributed by atoms with Gasteiger partial charge in [-0.05, 0) is 49.0 Å². The topological polar surface area (TPSA) is 79.7 Å². The summed E-state index contributed by atoms with van der Waals surface area (Å²) in [5.41, 5.74) is -0.547. The summed E-state index contributed by atoms with van der Waals surface area (Å²) < 4.78 is 6.24. The Morgan fingerprint density at radius 2 is 2.26 bits per heavy atom. The number of carbonyl (C=O) groups is 2. The summed E-state index contributed by atoms with van der Waals surface area (Å²) in [6, 6.07) is 0. The van der Waals surface area contributed by atoms with Crippen LogP contribution >= 0.6 is 27.3 Å². The molecule has 0 unspecified atom stereocenters. The maximum Gasteiger partial charge on any atom is 0.410 e. The summed E-state index contributed by atoms with van der Waals surface area (Å²) in [7, 11) is 0. The number of carboxylic acid groups (broad SMARTS) is 1. The van der Waals surface area contributed by atoms with Gasteiger partial charge in [0, 0.05) is 19.5 Å². The summed E-state index contributed by atoms with van der Waals surface area (Å²) in [5, 5.41) is 10.3. The van der Waals surface area contributed by atoms with Gasteiger partial charge in [-0.25, -0.2) is 9.78 Å². The molecule has 1 aliphatic rings. The summed E-state index contributed by atoms with van der Waals surface area (Å²) in [5.74, 6) is -1.46. The number of carbonyl (C=O) groups excluding carboxylic acids is 1. The van der Waals surface area contributed by atoms with Crippen molar-refractivity contribution in [1.29, 1.82) is 0 Å². The second-order valence-electron chi connectivity index (χ2n) is 6.68. The fraction of sp³-hybridized carbons (Fsp3) is 0.667. The standard InChI is InChI=1S/C15H21BrN2O4S/c1-15(2,3)22-14(21)18-5-4-9(8-18)10(13(19)20)6-12-17-7-11(16)23-12/h7,9-10H,4-6,8H2,1-3H3,(H,19,20)/t9-,10-/m0/s1. The monoisotopic (exact) mass is 404 g/mol. The van der Waals surface area contributed by atoms with E-state index in [1.165, 1.54) is 11.3 Å². The molecule has 1 aromatic heterocycles. The summed E-state index contributed by atoms with van der Waals surface area (Å²) in [6.07, 6.45) is 2.36. The molecule has 1 aromatic rings. The van der Waals surface area contributed by atoms with Gasteiger partial charge in [0.2, 0.25) is 0 Å². The van der Waals surface area contributed by atoms with Crippen LogP contribution in [0.4, 0.5) is 4.79 Å². The lowest BCUT2D eigenvalue weighted by molar-refractivity contribution is -0.143. The van der Waals surface area contributed by atoms with E-state index in [1.807, 2.05) is 20.8 Å². The summed E-state index contributed by atoms with van der Waals surface area (Å²) in [4.78, 5) is 29.5. The highest BCUT2D eigenvalue weighted by molar-refractivity contribution is 9.11. The minimum absolute atomic E-state index is 0.0808. The van der Waals surface area contributed by atoms with Gasteiger partial charge < -0.3 is 14.7 Å². The Labute approximate surface area is 148 Å². The van der Waals surface area contributed by atoms with Crippen molar-refractivity contribution in [3.8, 4) is 0 Å². The van der Waals surface area contributed by atoms with Crippen LogP contribution in [0.15, 0.2) is 9.98 Å². The molecular weight excluding hydrogens is 384 g/mol. The van der Waals surface area contributed by atoms with Crippen molar-refractivity contribution < 1.29 is 19.4 Å². The number of aromatic nitrogens is 1. The highest BCUT2D eigenvalue weighted by Crippen LogP contribution is 2.30. The highest BCUT2D eigenvalue weighted by atomic mass is 79.9. The lowest BCUT2D eigenvalue weighted by Gasteiger charge is -2.25. The third-order valence-corrected chi connectivity index (χ3v) is 5.18. The van der Waals surface area contributed by atoms with Crippen LogP contribution in [0.5, 0.6) is 0 Å². The van der Waals surface area contributed by atoms with Gasteiger partial charge in [-0.1, -0.05) is 0 Å². The molecule has 1 aliphatic heterocycles. The van der Waals surface area contributed by atoms with Gasteiger partial charge in [0.1, 0.15) is 5.60 Å². The number of rotatable bonds is 4. The first kappa shape index (κ1) is 18.2. The molecule has 1 amide bonds. The molecular formula is C15H21BrN2O4S. The Balaban J connectivity index is 1.99. The number of hydrogen-bond donors (Lipinski definition) is 1. The van der Waals surface area contributed by atoms with Crippen LogP contribution in [0.25, 0.3) is 0 Å². The van der Waals surface area contributed by atoms with E-state index in [4.69, 9.17) is 4.74 Å². The van der Waals surface area contributed by atoms with Crippen LogP contribution < -0.4 is 0 Å². The molecule has 2 atom stereocenters. The van der Waals surface area contributed by atoms with Gasteiger partial charge in [-0.3, -0.25) is 4.79 Å². The second-order valence-corrected chi connectivity index (χ2v) is 9.18. The lowest BCUT2D eigenvalue weighted by Crippen LogP contribution is -2.36. The maximum atomic E-state index is 12.1. The molecule has 2 heterocycles. The zero-order valence-corrected chi connectivity index (χ0v) is 15.8. The number of carboxylic acids is 1. The average Bonchev–Trinajstić information content (AvgIpc) is 3.02. The van der Waals surface area contributed by atoms with E-state index < -0.39 is 17.5 Å². The molecule has 0 saturated carbocycles. The molecule has 0 spiro atoms. The first-order valence-electron chi connectivity index (χ1n) is 7.46. The third kappa shape index (κ3) is 5.17. The molecule has 0 aromatic carbocycles. The van der Waals surface area contributed by atoms with Crippen molar-refractivity contribution in [3.63, 3.8) is 0 Å². The van der Waals surface area contributed by atoms with Crippen LogP contribution in [0, 0.1) is 11.8 Å². The number of thiazole rings is 1. The molecule has 1 fully saturated rings. The molecule has 0 radical (unpaired) electrons. The average molecular weight is 405 g/mol.